The van der Waals surface area contributed by atoms with Crippen molar-refractivity contribution in [3.05, 3.63) is 63.6 Å². The minimum atomic E-state index is -0.251. The summed E-state index contributed by atoms with van der Waals surface area (Å²) in [6, 6.07) is 6.46. The number of hydrogen-bond donors (Lipinski definition) is 1. The van der Waals surface area contributed by atoms with Crippen LogP contribution in [0.3, 0.4) is 0 Å². The van der Waals surface area contributed by atoms with E-state index >= 15 is 0 Å². The molecule has 1 heterocycles. The number of pyridine rings is 1. The average molecular weight is 309 g/mol. The van der Waals surface area contributed by atoms with Crippen LogP contribution in [0, 0.1) is 12.7 Å². The lowest BCUT2D eigenvalue weighted by molar-refractivity contribution is 0.617. The van der Waals surface area contributed by atoms with Crippen LogP contribution in [0.15, 0.2) is 41.1 Å². The fraction of sp³-hybridized carbons (Fsp3) is 0.214. The fourth-order valence-electron chi connectivity index (χ4n) is 1.94. The van der Waals surface area contributed by atoms with Crippen molar-refractivity contribution in [1.82, 2.24) is 4.98 Å². The van der Waals surface area contributed by atoms with Crippen LogP contribution < -0.4 is 5.73 Å². The zero-order chi connectivity index (χ0) is 13.1. The van der Waals surface area contributed by atoms with Crippen molar-refractivity contribution < 1.29 is 4.39 Å². The third-order valence-electron chi connectivity index (χ3n) is 2.86. The van der Waals surface area contributed by atoms with Gasteiger partial charge < -0.3 is 5.73 Å². The van der Waals surface area contributed by atoms with Gasteiger partial charge in [-0.1, -0.05) is 6.07 Å². The molecule has 0 amide bonds. The summed E-state index contributed by atoms with van der Waals surface area (Å²) in [5, 5.41) is 0. The van der Waals surface area contributed by atoms with E-state index in [9.17, 15) is 4.39 Å². The first-order valence-electron chi connectivity index (χ1n) is 5.67. The first kappa shape index (κ1) is 13.2. The Morgan fingerprint density at radius 3 is 2.83 bits per heavy atom. The van der Waals surface area contributed by atoms with Gasteiger partial charge in [-0.25, -0.2) is 4.39 Å². The highest BCUT2D eigenvalue weighted by atomic mass is 79.9. The molecular weight excluding hydrogens is 295 g/mol. The van der Waals surface area contributed by atoms with Gasteiger partial charge in [-0.3, -0.25) is 4.98 Å². The van der Waals surface area contributed by atoms with Crippen LogP contribution in [0.25, 0.3) is 0 Å². The molecule has 4 heteroatoms. The highest BCUT2D eigenvalue weighted by Crippen LogP contribution is 2.21. The molecule has 0 fully saturated rings. The lowest BCUT2D eigenvalue weighted by Gasteiger charge is -2.15. The molecule has 2 N–H and O–H groups in total. The van der Waals surface area contributed by atoms with E-state index < -0.39 is 0 Å². The van der Waals surface area contributed by atoms with Gasteiger partial charge in [0.1, 0.15) is 5.82 Å². The van der Waals surface area contributed by atoms with E-state index in [1.807, 2.05) is 13.0 Å². The van der Waals surface area contributed by atoms with Crippen LogP contribution in [-0.2, 0) is 6.42 Å². The summed E-state index contributed by atoms with van der Waals surface area (Å²) in [5.74, 6) is -0.251. The van der Waals surface area contributed by atoms with E-state index in [1.165, 1.54) is 12.1 Å². The fourth-order valence-corrected chi connectivity index (χ4v) is 2.35. The first-order valence-corrected chi connectivity index (χ1v) is 6.46. The smallest absolute Gasteiger partial charge is 0.123 e. The predicted molar refractivity (Wildman–Crippen MR) is 73.7 cm³/mol. The Kier molecular flexibility index (Phi) is 4.09. The Labute approximate surface area is 114 Å². The van der Waals surface area contributed by atoms with Crippen LogP contribution in [0.2, 0.25) is 0 Å². The Morgan fingerprint density at radius 1 is 1.33 bits per heavy atom. The van der Waals surface area contributed by atoms with Crippen molar-refractivity contribution in [1.29, 1.82) is 0 Å². The minimum absolute atomic E-state index is 0.225. The summed E-state index contributed by atoms with van der Waals surface area (Å²) in [7, 11) is 0. The van der Waals surface area contributed by atoms with Gasteiger partial charge in [0, 0.05) is 22.9 Å². The number of aromatic nitrogens is 1. The van der Waals surface area contributed by atoms with Crippen molar-refractivity contribution >= 4 is 15.9 Å². The minimum Gasteiger partial charge on any atom is -0.324 e. The van der Waals surface area contributed by atoms with Gasteiger partial charge >= 0.3 is 0 Å². The van der Waals surface area contributed by atoms with Crippen LogP contribution in [-0.4, -0.2) is 4.98 Å². The van der Waals surface area contributed by atoms with Crippen LogP contribution >= 0.6 is 15.9 Å². The zero-order valence-electron chi connectivity index (χ0n) is 10.0. The zero-order valence-corrected chi connectivity index (χ0v) is 11.6. The third-order valence-corrected chi connectivity index (χ3v) is 3.29. The Balaban J connectivity index is 2.21. The monoisotopic (exact) mass is 308 g/mol. The highest BCUT2D eigenvalue weighted by Gasteiger charge is 2.11. The molecule has 0 radical (unpaired) electrons. The molecule has 1 atom stereocenters. The lowest BCUT2D eigenvalue weighted by Crippen LogP contribution is -2.15. The average Bonchev–Trinajstić information content (AvgIpc) is 2.32. The summed E-state index contributed by atoms with van der Waals surface area (Å²) in [6.45, 7) is 1.94. The number of nitrogens with two attached hydrogens (primary N) is 1. The summed E-state index contributed by atoms with van der Waals surface area (Å²) in [6.07, 6.45) is 4.14. The largest absolute Gasteiger partial charge is 0.324 e. The maximum Gasteiger partial charge on any atom is 0.123 e. The Morgan fingerprint density at radius 2 is 2.11 bits per heavy atom. The highest BCUT2D eigenvalue weighted by molar-refractivity contribution is 9.10. The molecule has 2 aromatic rings. The number of hydrogen-bond acceptors (Lipinski definition) is 2. The van der Waals surface area contributed by atoms with E-state index in [0.29, 0.717) is 6.42 Å². The SMILES string of the molecule is Cc1ccc(F)cc1C(N)Cc1cncc(Br)c1. The number of halogens is 2. The molecule has 18 heavy (non-hydrogen) atoms. The maximum absolute atomic E-state index is 13.2. The quantitative estimate of drug-likeness (QED) is 0.942. The first-order chi connectivity index (χ1) is 8.56. The Hall–Kier alpha value is -1.26. The molecule has 1 aromatic carbocycles. The van der Waals surface area contributed by atoms with Gasteiger partial charge in [0.25, 0.3) is 0 Å². The molecular formula is C14H14BrFN2. The van der Waals surface area contributed by atoms with Crippen molar-refractivity contribution in [3.63, 3.8) is 0 Å². The molecule has 0 bridgehead atoms. The van der Waals surface area contributed by atoms with Gasteiger partial charge in [-0.15, -0.1) is 0 Å². The predicted octanol–water partition coefficient (Wildman–Crippen LogP) is 3.53. The number of nitrogens with zero attached hydrogens (tertiary/aromatic N) is 1. The molecule has 0 saturated carbocycles. The molecule has 0 aliphatic carbocycles. The van der Waals surface area contributed by atoms with E-state index in [2.05, 4.69) is 20.9 Å². The van der Waals surface area contributed by atoms with E-state index in [0.717, 1.165) is 21.2 Å². The second-order valence-electron chi connectivity index (χ2n) is 4.32. The van der Waals surface area contributed by atoms with Crippen molar-refractivity contribution in [2.24, 2.45) is 5.73 Å². The summed E-state index contributed by atoms with van der Waals surface area (Å²) in [4.78, 5) is 4.09. The molecule has 1 unspecified atom stereocenters. The van der Waals surface area contributed by atoms with Gasteiger partial charge in [0.15, 0.2) is 0 Å². The number of aryl methyl sites for hydroxylation is 1. The molecule has 2 rings (SSSR count). The second-order valence-corrected chi connectivity index (χ2v) is 5.24. The lowest BCUT2D eigenvalue weighted by atomic mass is 9.97. The van der Waals surface area contributed by atoms with Crippen LogP contribution in [0.1, 0.15) is 22.7 Å². The second kappa shape index (κ2) is 5.59. The van der Waals surface area contributed by atoms with Crippen molar-refractivity contribution in [2.75, 3.05) is 0 Å². The summed E-state index contributed by atoms with van der Waals surface area (Å²) in [5.41, 5.74) is 9.01. The van der Waals surface area contributed by atoms with Crippen LogP contribution in [0.5, 0.6) is 0 Å². The molecule has 0 saturated heterocycles. The number of benzene rings is 1. The maximum atomic E-state index is 13.2. The van der Waals surface area contributed by atoms with E-state index in [4.69, 9.17) is 5.73 Å². The Bertz CT molecular complexity index is 557. The van der Waals surface area contributed by atoms with E-state index in [-0.39, 0.29) is 11.9 Å². The molecule has 0 aliphatic rings. The van der Waals surface area contributed by atoms with Crippen molar-refractivity contribution in [2.45, 2.75) is 19.4 Å². The molecule has 2 nitrogen and oxygen atoms in total. The normalized spacial score (nSPS) is 12.4. The van der Waals surface area contributed by atoms with E-state index in [1.54, 1.807) is 18.5 Å². The van der Waals surface area contributed by atoms with Gasteiger partial charge in [-0.05, 0) is 64.2 Å². The van der Waals surface area contributed by atoms with Gasteiger partial charge in [0.05, 0.1) is 0 Å². The van der Waals surface area contributed by atoms with Gasteiger partial charge in [0.2, 0.25) is 0 Å². The topological polar surface area (TPSA) is 38.9 Å². The molecule has 94 valence electrons. The van der Waals surface area contributed by atoms with Crippen LogP contribution in [0.4, 0.5) is 4.39 Å². The summed E-state index contributed by atoms with van der Waals surface area (Å²) >= 11 is 3.37. The number of rotatable bonds is 3. The molecule has 0 aliphatic heterocycles. The summed E-state index contributed by atoms with van der Waals surface area (Å²) < 4.78 is 14.2. The molecule has 0 spiro atoms. The van der Waals surface area contributed by atoms with Crippen molar-refractivity contribution in [3.8, 4) is 0 Å². The van der Waals surface area contributed by atoms with Gasteiger partial charge in [-0.2, -0.15) is 0 Å². The standard InChI is InChI=1S/C14H14BrFN2/c1-9-2-3-12(16)6-13(9)14(17)5-10-4-11(15)8-18-7-10/h2-4,6-8,14H,5,17H2,1H3. The molecule has 1 aromatic heterocycles. The third kappa shape index (κ3) is 3.15.